The molecular formula is C16H21N5O3. The average molecular weight is 331 g/mol. The summed E-state index contributed by atoms with van der Waals surface area (Å²) in [6.45, 7) is 4.50. The average Bonchev–Trinajstić information content (AvgIpc) is 2.86. The van der Waals surface area contributed by atoms with Crippen molar-refractivity contribution in [3.05, 3.63) is 38.6 Å². The molecule has 1 aliphatic heterocycles. The smallest absolute Gasteiger partial charge is 0.255 e. The molecule has 1 amide bonds. The lowest BCUT2D eigenvalue weighted by Gasteiger charge is -2.28. The van der Waals surface area contributed by atoms with Gasteiger partial charge in [0.25, 0.3) is 5.56 Å². The minimum absolute atomic E-state index is 0.0106. The van der Waals surface area contributed by atoms with E-state index in [1.54, 1.807) is 16.7 Å². The number of carbonyl (C=O) groups is 1. The quantitative estimate of drug-likeness (QED) is 0.883. The predicted octanol–water partition coefficient (Wildman–Crippen LogP) is 0.568. The van der Waals surface area contributed by atoms with Crippen LogP contribution in [0.5, 0.6) is 0 Å². The fourth-order valence-corrected chi connectivity index (χ4v) is 2.87. The van der Waals surface area contributed by atoms with E-state index in [1.165, 1.54) is 0 Å². The summed E-state index contributed by atoms with van der Waals surface area (Å²) in [5.41, 5.74) is 2.78. The molecular weight excluding hydrogens is 310 g/mol. The van der Waals surface area contributed by atoms with Crippen molar-refractivity contribution in [2.75, 3.05) is 25.5 Å². The second-order valence-corrected chi connectivity index (χ2v) is 6.25. The summed E-state index contributed by atoms with van der Waals surface area (Å²) in [7, 11) is 3.63. The van der Waals surface area contributed by atoms with E-state index in [-0.39, 0.29) is 17.9 Å². The number of carbonyl (C=O) groups excluding carboxylic acids is 1. The monoisotopic (exact) mass is 331 g/mol. The Bertz CT molecular complexity index is 817. The van der Waals surface area contributed by atoms with Gasteiger partial charge in [-0.25, -0.2) is 4.98 Å². The second-order valence-electron chi connectivity index (χ2n) is 6.25. The molecule has 0 saturated heterocycles. The van der Waals surface area contributed by atoms with Crippen LogP contribution in [-0.4, -0.2) is 46.6 Å². The van der Waals surface area contributed by atoms with Gasteiger partial charge in [0.1, 0.15) is 5.76 Å². The number of rotatable bonds is 3. The van der Waals surface area contributed by atoms with Gasteiger partial charge in [-0.1, -0.05) is 5.16 Å². The van der Waals surface area contributed by atoms with E-state index in [0.29, 0.717) is 42.5 Å². The molecule has 2 aromatic heterocycles. The normalized spacial score (nSPS) is 13.8. The van der Waals surface area contributed by atoms with Crippen LogP contribution in [-0.2, 0) is 24.2 Å². The lowest BCUT2D eigenvalue weighted by molar-refractivity contribution is -0.131. The van der Waals surface area contributed by atoms with Crippen LogP contribution in [0.15, 0.2) is 9.32 Å². The topological polar surface area (TPSA) is 95.3 Å². The largest absolute Gasteiger partial charge is 0.361 e. The van der Waals surface area contributed by atoms with E-state index < -0.39 is 0 Å². The number of aromatic nitrogens is 3. The molecule has 1 aliphatic rings. The molecule has 128 valence electrons. The van der Waals surface area contributed by atoms with Gasteiger partial charge in [0.15, 0.2) is 0 Å². The highest BCUT2D eigenvalue weighted by Gasteiger charge is 2.26. The summed E-state index contributed by atoms with van der Waals surface area (Å²) < 4.78 is 5.11. The summed E-state index contributed by atoms with van der Waals surface area (Å²) in [4.78, 5) is 35.5. The standard InChI is InChI=1S/C16H21N5O3/c1-9-12(10(2)24-19-9)7-14(22)21-6-5-11-13(8-21)17-16(20(3)4)18-15(11)23/h5-8H2,1-4H3,(H,17,18,23). The minimum atomic E-state index is -0.124. The lowest BCUT2D eigenvalue weighted by atomic mass is 10.0. The van der Waals surface area contributed by atoms with Crippen LogP contribution in [0.4, 0.5) is 5.95 Å². The van der Waals surface area contributed by atoms with E-state index in [0.717, 1.165) is 11.3 Å². The van der Waals surface area contributed by atoms with Gasteiger partial charge in [0.05, 0.1) is 24.4 Å². The Morgan fingerprint density at radius 1 is 1.38 bits per heavy atom. The number of nitrogens with one attached hydrogen (secondary N) is 1. The first-order chi connectivity index (χ1) is 11.4. The van der Waals surface area contributed by atoms with Crippen molar-refractivity contribution in [3.63, 3.8) is 0 Å². The van der Waals surface area contributed by atoms with Crippen LogP contribution in [0.25, 0.3) is 0 Å². The number of amides is 1. The number of anilines is 1. The van der Waals surface area contributed by atoms with Crippen LogP contribution in [0.2, 0.25) is 0 Å². The van der Waals surface area contributed by atoms with Crippen LogP contribution in [0.3, 0.4) is 0 Å². The zero-order valence-corrected chi connectivity index (χ0v) is 14.3. The van der Waals surface area contributed by atoms with Gasteiger partial charge in [-0.05, 0) is 20.3 Å². The molecule has 8 nitrogen and oxygen atoms in total. The van der Waals surface area contributed by atoms with Crippen molar-refractivity contribution in [1.29, 1.82) is 0 Å². The zero-order valence-electron chi connectivity index (χ0n) is 14.3. The van der Waals surface area contributed by atoms with Crippen LogP contribution < -0.4 is 10.5 Å². The number of fused-ring (bicyclic) bond motifs is 1. The first-order valence-electron chi connectivity index (χ1n) is 7.85. The Labute approximate surface area is 139 Å². The van der Waals surface area contributed by atoms with Gasteiger partial charge in [0.2, 0.25) is 11.9 Å². The van der Waals surface area contributed by atoms with E-state index in [4.69, 9.17) is 4.52 Å². The van der Waals surface area contributed by atoms with E-state index in [1.807, 2.05) is 21.0 Å². The highest BCUT2D eigenvalue weighted by atomic mass is 16.5. The van der Waals surface area contributed by atoms with Crippen molar-refractivity contribution in [2.45, 2.75) is 33.2 Å². The van der Waals surface area contributed by atoms with Crippen LogP contribution in [0.1, 0.15) is 28.3 Å². The maximum atomic E-state index is 12.6. The highest BCUT2D eigenvalue weighted by Crippen LogP contribution is 2.19. The molecule has 1 N–H and O–H groups in total. The summed E-state index contributed by atoms with van der Waals surface area (Å²) >= 11 is 0. The first-order valence-corrected chi connectivity index (χ1v) is 7.85. The molecule has 0 spiro atoms. The SMILES string of the molecule is Cc1noc(C)c1CC(=O)N1CCc2c(nc(N(C)C)[nH]c2=O)C1. The minimum Gasteiger partial charge on any atom is -0.361 e. The maximum absolute atomic E-state index is 12.6. The molecule has 0 bridgehead atoms. The van der Waals surface area contributed by atoms with Gasteiger partial charge in [-0.2, -0.15) is 0 Å². The molecule has 0 atom stereocenters. The van der Waals surface area contributed by atoms with E-state index >= 15 is 0 Å². The van der Waals surface area contributed by atoms with Gasteiger partial charge in [-0.3, -0.25) is 14.6 Å². The number of H-pyrrole nitrogens is 1. The van der Waals surface area contributed by atoms with Crippen LogP contribution >= 0.6 is 0 Å². The number of aromatic amines is 1. The van der Waals surface area contributed by atoms with Gasteiger partial charge in [-0.15, -0.1) is 0 Å². The van der Waals surface area contributed by atoms with Crippen molar-refractivity contribution in [3.8, 4) is 0 Å². The Kier molecular flexibility index (Phi) is 4.13. The summed E-state index contributed by atoms with van der Waals surface area (Å²) in [5, 5.41) is 3.88. The Morgan fingerprint density at radius 2 is 2.12 bits per heavy atom. The van der Waals surface area contributed by atoms with E-state index in [2.05, 4.69) is 15.1 Å². The molecule has 24 heavy (non-hydrogen) atoms. The van der Waals surface area contributed by atoms with Crippen molar-refractivity contribution in [1.82, 2.24) is 20.0 Å². The molecule has 8 heteroatoms. The van der Waals surface area contributed by atoms with Crippen molar-refractivity contribution in [2.24, 2.45) is 0 Å². The lowest BCUT2D eigenvalue weighted by Crippen LogP contribution is -2.40. The molecule has 0 fully saturated rings. The van der Waals surface area contributed by atoms with Gasteiger partial charge < -0.3 is 14.3 Å². The maximum Gasteiger partial charge on any atom is 0.255 e. The summed E-state index contributed by atoms with van der Waals surface area (Å²) in [5.74, 6) is 1.16. The third-order valence-corrected chi connectivity index (χ3v) is 4.35. The number of aryl methyl sites for hydroxylation is 2. The Morgan fingerprint density at radius 3 is 2.75 bits per heavy atom. The third-order valence-electron chi connectivity index (χ3n) is 4.35. The van der Waals surface area contributed by atoms with Gasteiger partial charge >= 0.3 is 0 Å². The fraction of sp³-hybridized carbons (Fsp3) is 0.500. The number of nitrogens with zero attached hydrogens (tertiary/aromatic N) is 4. The fourth-order valence-electron chi connectivity index (χ4n) is 2.87. The molecule has 2 aromatic rings. The molecule has 0 radical (unpaired) electrons. The first kappa shape index (κ1) is 16.2. The predicted molar refractivity (Wildman–Crippen MR) is 88.0 cm³/mol. The third kappa shape index (κ3) is 2.91. The molecule has 0 aromatic carbocycles. The number of hydrogen-bond acceptors (Lipinski definition) is 6. The summed E-state index contributed by atoms with van der Waals surface area (Å²) in [6, 6.07) is 0. The highest BCUT2D eigenvalue weighted by molar-refractivity contribution is 5.79. The zero-order chi connectivity index (χ0) is 17.4. The molecule has 0 saturated carbocycles. The summed E-state index contributed by atoms with van der Waals surface area (Å²) in [6.07, 6.45) is 0.763. The van der Waals surface area contributed by atoms with Gasteiger partial charge in [0, 0.05) is 31.8 Å². The van der Waals surface area contributed by atoms with Crippen molar-refractivity contribution >= 4 is 11.9 Å². The van der Waals surface area contributed by atoms with E-state index in [9.17, 15) is 9.59 Å². The molecule has 0 aliphatic carbocycles. The number of hydrogen-bond donors (Lipinski definition) is 1. The molecule has 0 unspecified atom stereocenters. The van der Waals surface area contributed by atoms with Crippen LogP contribution in [0, 0.1) is 13.8 Å². The Hall–Kier alpha value is -2.64. The molecule has 3 rings (SSSR count). The van der Waals surface area contributed by atoms with Crippen molar-refractivity contribution < 1.29 is 9.32 Å². The Balaban J connectivity index is 1.81. The second kappa shape index (κ2) is 6.10. The molecule has 3 heterocycles.